The molecule has 0 amide bonds. The molecule has 3 nitrogen and oxygen atoms in total. The summed E-state index contributed by atoms with van der Waals surface area (Å²) < 4.78 is 0. The van der Waals surface area contributed by atoms with Crippen LogP contribution < -0.4 is 5.32 Å². The van der Waals surface area contributed by atoms with Crippen LogP contribution in [0.4, 0.5) is 0 Å². The van der Waals surface area contributed by atoms with Crippen LogP contribution in [0.2, 0.25) is 0 Å². The molecule has 0 bridgehead atoms. The van der Waals surface area contributed by atoms with E-state index < -0.39 is 5.60 Å². The van der Waals surface area contributed by atoms with Gasteiger partial charge in [0.25, 0.3) is 0 Å². The SMILES string of the molecule is Cc1ncc([C@H](C)NC[C@@]2(O)CCCc3ccccc32)s1. The molecule has 0 saturated heterocycles. The summed E-state index contributed by atoms with van der Waals surface area (Å²) >= 11 is 1.71. The lowest BCUT2D eigenvalue weighted by Gasteiger charge is -2.35. The van der Waals surface area contributed by atoms with Gasteiger partial charge < -0.3 is 10.4 Å². The number of aliphatic hydroxyl groups is 1. The second-order valence-electron chi connectivity index (χ2n) is 5.93. The highest BCUT2D eigenvalue weighted by Gasteiger charge is 2.34. The molecule has 0 radical (unpaired) electrons. The molecule has 3 rings (SSSR count). The first-order chi connectivity index (χ1) is 10.1. The molecule has 2 N–H and O–H groups in total. The topological polar surface area (TPSA) is 45.2 Å². The van der Waals surface area contributed by atoms with Gasteiger partial charge in [-0.05, 0) is 44.2 Å². The van der Waals surface area contributed by atoms with Gasteiger partial charge in [-0.1, -0.05) is 24.3 Å². The molecular weight excluding hydrogens is 280 g/mol. The number of rotatable bonds is 4. The molecule has 0 fully saturated rings. The number of benzene rings is 1. The third kappa shape index (κ3) is 3.03. The van der Waals surface area contributed by atoms with Crippen molar-refractivity contribution in [2.24, 2.45) is 0 Å². The molecule has 0 aliphatic heterocycles. The van der Waals surface area contributed by atoms with Crippen molar-refractivity contribution in [2.45, 2.75) is 44.8 Å². The molecular formula is C17H22N2OS. The third-order valence-corrected chi connectivity index (χ3v) is 5.42. The van der Waals surface area contributed by atoms with Gasteiger partial charge in [0.15, 0.2) is 0 Å². The van der Waals surface area contributed by atoms with E-state index in [1.54, 1.807) is 11.3 Å². The van der Waals surface area contributed by atoms with Gasteiger partial charge in [0.1, 0.15) is 5.60 Å². The van der Waals surface area contributed by atoms with Crippen LogP contribution in [0.15, 0.2) is 30.5 Å². The lowest BCUT2D eigenvalue weighted by Crippen LogP contribution is -2.41. The fraction of sp³-hybridized carbons (Fsp3) is 0.471. The van der Waals surface area contributed by atoms with Crippen LogP contribution in [0.1, 0.15) is 46.8 Å². The Morgan fingerprint density at radius 2 is 2.24 bits per heavy atom. The monoisotopic (exact) mass is 302 g/mol. The van der Waals surface area contributed by atoms with Gasteiger partial charge in [-0.15, -0.1) is 11.3 Å². The summed E-state index contributed by atoms with van der Waals surface area (Å²) in [6, 6.07) is 8.49. The van der Waals surface area contributed by atoms with E-state index in [1.165, 1.54) is 10.4 Å². The normalized spacial score (nSPS) is 22.8. The Balaban J connectivity index is 1.73. The zero-order valence-electron chi connectivity index (χ0n) is 12.6. The molecule has 1 aromatic carbocycles. The predicted molar refractivity (Wildman–Crippen MR) is 86.5 cm³/mol. The lowest BCUT2D eigenvalue weighted by atomic mass is 9.79. The summed E-state index contributed by atoms with van der Waals surface area (Å²) in [6.45, 7) is 4.74. The maximum Gasteiger partial charge on any atom is 0.102 e. The Morgan fingerprint density at radius 3 is 3.00 bits per heavy atom. The van der Waals surface area contributed by atoms with E-state index in [4.69, 9.17) is 0 Å². The summed E-state index contributed by atoms with van der Waals surface area (Å²) in [6.07, 6.45) is 4.87. The molecule has 0 unspecified atom stereocenters. The molecule has 4 heteroatoms. The number of fused-ring (bicyclic) bond motifs is 1. The van der Waals surface area contributed by atoms with E-state index >= 15 is 0 Å². The smallest absolute Gasteiger partial charge is 0.102 e. The maximum atomic E-state index is 11.0. The number of thiazole rings is 1. The summed E-state index contributed by atoms with van der Waals surface area (Å²) in [5.74, 6) is 0. The average molecular weight is 302 g/mol. The van der Waals surface area contributed by atoms with Crippen molar-refractivity contribution >= 4 is 11.3 Å². The lowest BCUT2D eigenvalue weighted by molar-refractivity contribution is 0.0171. The third-order valence-electron chi connectivity index (χ3n) is 4.32. The maximum absolute atomic E-state index is 11.0. The molecule has 0 spiro atoms. The number of hydrogen-bond donors (Lipinski definition) is 2. The van der Waals surface area contributed by atoms with Crippen LogP contribution in [0.3, 0.4) is 0 Å². The Kier molecular flexibility index (Phi) is 4.11. The summed E-state index contributed by atoms with van der Waals surface area (Å²) in [5, 5.41) is 15.6. The van der Waals surface area contributed by atoms with Crippen molar-refractivity contribution in [1.82, 2.24) is 10.3 Å². The number of nitrogens with zero attached hydrogens (tertiary/aromatic N) is 1. The van der Waals surface area contributed by atoms with Gasteiger partial charge in [-0.3, -0.25) is 0 Å². The summed E-state index contributed by atoms with van der Waals surface area (Å²) in [7, 11) is 0. The largest absolute Gasteiger partial charge is 0.384 e. The minimum absolute atomic E-state index is 0.217. The van der Waals surface area contributed by atoms with Crippen LogP contribution in [-0.4, -0.2) is 16.6 Å². The van der Waals surface area contributed by atoms with Crippen LogP contribution in [0, 0.1) is 6.92 Å². The first-order valence-corrected chi connectivity index (χ1v) is 8.37. The van der Waals surface area contributed by atoms with E-state index in [0.29, 0.717) is 6.54 Å². The zero-order valence-corrected chi connectivity index (χ0v) is 13.4. The van der Waals surface area contributed by atoms with Gasteiger partial charge in [-0.2, -0.15) is 0 Å². The van der Waals surface area contributed by atoms with Crippen molar-refractivity contribution in [1.29, 1.82) is 0 Å². The Morgan fingerprint density at radius 1 is 1.43 bits per heavy atom. The van der Waals surface area contributed by atoms with Crippen LogP contribution in [0.5, 0.6) is 0 Å². The van der Waals surface area contributed by atoms with Crippen LogP contribution >= 0.6 is 11.3 Å². The number of aromatic nitrogens is 1. The predicted octanol–water partition coefficient (Wildman–Crippen LogP) is 3.33. The fourth-order valence-corrected chi connectivity index (χ4v) is 3.89. The van der Waals surface area contributed by atoms with E-state index in [2.05, 4.69) is 35.4 Å². The highest BCUT2D eigenvalue weighted by atomic mass is 32.1. The minimum Gasteiger partial charge on any atom is -0.384 e. The van der Waals surface area contributed by atoms with E-state index in [1.807, 2.05) is 19.2 Å². The van der Waals surface area contributed by atoms with Crippen molar-refractivity contribution in [3.8, 4) is 0 Å². The first-order valence-electron chi connectivity index (χ1n) is 7.55. The highest BCUT2D eigenvalue weighted by Crippen LogP contribution is 2.35. The number of hydrogen-bond acceptors (Lipinski definition) is 4. The Bertz CT molecular complexity index is 625. The summed E-state index contributed by atoms with van der Waals surface area (Å²) in [5.41, 5.74) is 1.63. The minimum atomic E-state index is -0.747. The molecule has 0 saturated carbocycles. The average Bonchev–Trinajstić information content (AvgIpc) is 2.92. The summed E-state index contributed by atoms with van der Waals surface area (Å²) in [4.78, 5) is 5.52. The van der Waals surface area contributed by atoms with E-state index in [-0.39, 0.29) is 6.04 Å². The molecule has 2 aromatic rings. The van der Waals surface area contributed by atoms with Crippen molar-refractivity contribution in [3.05, 3.63) is 51.5 Å². The van der Waals surface area contributed by atoms with Crippen LogP contribution in [-0.2, 0) is 12.0 Å². The molecule has 1 aromatic heterocycles. The fourth-order valence-electron chi connectivity index (χ4n) is 3.08. The van der Waals surface area contributed by atoms with Gasteiger partial charge in [-0.25, -0.2) is 4.98 Å². The number of aryl methyl sites for hydroxylation is 2. The van der Waals surface area contributed by atoms with Gasteiger partial charge in [0.2, 0.25) is 0 Å². The van der Waals surface area contributed by atoms with Crippen LogP contribution in [0.25, 0.3) is 0 Å². The second kappa shape index (κ2) is 5.87. The van der Waals surface area contributed by atoms with Gasteiger partial charge in [0, 0.05) is 23.7 Å². The highest BCUT2D eigenvalue weighted by molar-refractivity contribution is 7.11. The molecule has 1 aliphatic rings. The number of nitrogens with one attached hydrogen (secondary N) is 1. The van der Waals surface area contributed by atoms with Crippen molar-refractivity contribution in [3.63, 3.8) is 0 Å². The van der Waals surface area contributed by atoms with E-state index in [9.17, 15) is 5.11 Å². The van der Waals surface area contributed by atoms with Gasteiger partial charge >= 0.3 is 0 Å². The molecule has 1 aliphatic carbocycles. The zero-order chi connectivity index (χ0) is 14.9. The second-order valence-corrected chi connectivity index (χ2v) is 7.19. The molecule has 2 atom stereocenters. The quantitative estimate of drug-likeness (QED) is 0.910. The molecule has 21 heavy (non-hydrogen) atoms. The van der Waals surface area contributed by atoms with Crippen molar-refractivity contribution in [2.75, 3.05) is 6.54 Å². The molecule has 1 heterocycles. The molecule has 112 valence electrons. The Labute approximate surface area is 130 Å². The Hall–Kier alpha value is -1.23. The van der Waals surface area contributed by atoms with Crippen molar-refractivity contribution < 1.29 is 5.11 Å². The first kappa shape index (κ1) is 14.7. The standard InChI is InChI=1S/C17H22N2OS/c1-12(16-10-18-13(2)21-16)19-11-17(20)9-5-7-14-6-3-4-8-15(14)17/h3-4,6,8,10,12,19-20H,5,7,9,11H2,1-2H3/t12-,17-/m0/s1. The van der Waals surface area contributed by atoms with E-state index in [0.717, 1.165) is 29.8 Å². The van der Waals surface area contributed by atoms with Gasteiger partial charge in [0.05, 0.1) is 5.01 Å².